The van der Waals surface area contributed by atoms with Crippen molar-refractivity contribution in [2.75, 3.05) is 20.0 Å². The summed E-state index contributed by atoms with van der Waals surface area (Å²) in [5.41, 5.74) is 1.50. The lowest BCUT2D eigenvalue weighted by Gasteiger charge is -2.16. The lowest BCUT2D eigenvalue weighted by Crippen LogP contribution is -2.09. The molecule has 0 bridgehead atoms. The number of nitrogens with zero attached hydrogens (tertiary/aromatic N) is 1. The lowest BCUT2D eigenvalue weighted by molar-refractivity contribution is 0.387. The first kappa shape index (κ1) is 14.3. The Bertz CT molecular complexity index is 599. The van der Waals surface area contributed by atoms with Gasteiger partial charge in [0.15, 0.2) is 9.84 Å². The highest BCUT2D eigenvalue weighted by Crippen LogP contribution is 2.36. The van der Waals surface area contributed by atoms with Gasteiger partial charge in [0.2, 0.25) is 0 Å². The molecular formula is C12H15NO4S. The van der Waals surface area contributed by atoms with Gasteiger partial charge < -0.3 is 9.47 Å². The average molecular weight is 269 g/mol. The average Bonchev–Trinajstić information content (AvgIpc) is 2.32. The molecule has 18 heavy (non-hydrogen) atoms. The van der Waals surface area contributed by atoms with Crippen LogP contribution >= 0.6 is 0 Å². The van der Waals surface area contributed by atoms with Crippen LogP contribution in [0, 0.1) is 25.2 Å². The molecule has 1 aromatic rings. The lowest BCUT2D eigenvalue weighted by atomic mass is 10.1. The molecule has 0 atom stereocenters. The Morgan fingerprint density at radius 3 is 2.28 bits per heavy atom. The fourth-order valence-electron chi connectivity index (χ4n) is 1.69. The Balaban J connectivity index is 3.64. The number of hydrogen-bond donors (Lipinski definition) is 0. The van der Waals surface area contributed by atoms with Crippen LogP contribution in [0.15, 0.2) is 11.0 Å². The van der Waals surface area contributed by atoms with Crippen LogP contribution in [0.4, 0.5) is 0 Å². The second-order valence-corrected chi connectivity index (χ2v) is 5.74. The monoisotopic (exact) mass is 269 g/mol. The second kappa shape index (κ2) is 5.27. The number of ether oxygens (including phenoxy) is 2. The summed E-state index contributed by atoms with van der Waals surface area (Å²) in [5.74, 6) is 0.142. The summed E-state index contributed by atoms with van der Waals surface area (Å²) >= 11 is 0. The molecular weight excluding hydrogens is 254 g/mol. The molecule has 0 aromatic heterocycles. The van der Waals surface area contributed by atoms with Gasteiger partial charge in [-0.1, -0.05) is 0 Å². The van der Waals surface area contributed by atoms with Gasteiger partial charge in [-0.25, -0.2) is 8.42 Å². The van der Waals surface area contributed by atoms with Crippen LogP contribution in [0.2, 0.25) is 0 Å². The molecule has 0 unspecified atom stereocenters. The van der Waals surface area contributed by atoms with Crippen molar-refractivity contribution in [1.29, 1.82) is 5.26 Å². The normalized spacial score (nSPS) is 10.8. The molecule has 0 saturated heterocycles. The summed E-state index contributed by atoms with van der Waals surface area (Å²) in [4.78, 5) is -0.00787. The van der Waals surface area contributed by atoms with Crippen LogP contribution < -0.4 is 9.47 Å². The molecule has 0 aliphatic heterocycles. The first-order valence-electron chi connectivity index (χ1n) is 5.21. The molecule has 0 aliphatic rings. The van der Waals surface area contributed by atoms with Crippen molar-refractivity contribution in [3.63, 3.8) is 0 Å². The third-order valence-electron chi connectivity index (χ3n) is 2.77. The number of hydrogen-bond acceptors (Lipinski definition) is 5. The Hall–Kier alpha value is -1.74. The van der Waals surface area contributed by atoms with Crippen molar-refractivity contribution in [3.8, 4) is 17.6 Å². The predicted octanol–water partition coefficient (Wildman–Crippen LogP) is 1.62. The molecule has 6 heteroatoms. The number of rotatable bonds is 4. The van der Waals surface area contributed by atoms with E-state index < -0.39 is 15.6 Å². The molecule has 1 aromatic carbocycles. The van der Waals surface area contributed by atoms with Gasteiger partial charge in [-0.05, 0) is 25.0 Å². The van der Waals surface area contributed by atoms with Crippen molar-refractivity contribution in [1.82, 2.24) is 0 Å². The zero-order valence-corrected chi connectivity index (χ0v) is 11.6. The third kappa shape index (κ3) is 2.41. The summed E-state index contributed by atoms with van der Waals surface area (Å²) in [6.07, 6.45) is 0. The molecule has 5 nitrogen and oxygen atoms in total. The highest BCUT2D eigenvalue weighted by atomic mass is 32.2. The van der Waals surface area contributed by atoms with Crippen molar-refractivity contribution in [2.45, 2.75) is 18.7 Å². The minimum Gasteiger partial charge on any atom is -0.496 e. The van der Waals surface area contributed by atoms with Crippen LogP contribution in [0.3, 0.4) is 0 Å². The number of methoxy groups -OCH3 is 2. The number of benzene rings is 1. The maximum absolute atomic E-state index is 12.0. The maximum Gasteiger partial charge on any atom is 0.195 e. The van der Waals surface area contributed by atoms with E-state index >= 15 is 0 Å². The zero-order valence-electron chi connectivity index (χ0n) is 10.8. The van der Waals surface area contributed by atoms with Crippen LogP contribution in [-0.4, -0.2) is 28.4 Å². The van der Waals surface area contributed by atoms with E-state index in [4.69, 9.17) is 14.7 Å². The predicted molar refractivity (Wildman–Crippen MR) is 66.7 cm³/mol. The SMILES string of the molecule is COc1cc(S(=O)(=O)CC#N)c(OC)c(C)c1C. The van der Waals surface area contributed by atoms with Crippen molar-refractivity contribution < 1.29 is 17.9 Å². The smallest absolute Gasteiger partial charge is 0.195 e. The molecule has 0 N–H and O–H groups in total. The van der Waals surface area contributed by atoms with Gasteiger partial charge in [-0.15, -0.1) is 0 Å². The Labute approximate surface area is 107 Å². The maximum atomic E-state index is 12.0. The van der Waals surface area contributed by atoms with Gasteiger partial charge in [0.1, 0.15) is 22.1 Å². The van der Waals surface area contributed by atoms with Crippen molar-refractivity contribution in [2.24, 2.45) is 0 Å². The summed E-state index contributed by atoms with van der Waals surface area (Å²) < 4.78 is 34.3. The second-order valence-electron chi connectivity index (χ2n) is 3.78. The molecule has 0 amide bonds. The van der Waals surface area contributed by atoms with E-state index in [1.165, 1.54) is 20.3 Å². The summed E-state index contributed by atoms with van der Waals surface area (Å²) in [6.45, 7) is 3.57. The fraction of sp³-hybridized carbons (Fsp3) is 0.417. The van der Waals surface area contributed by atoms with Gasteiger partial charge in [-0.3, -0.25) is 0 Å². The molecule has 0 aliphatic carbocycles. The van der Waals surface area contributed by atoms with E-state index in [2.05, 4.69) is 0 Å². The van der Waals surface area contributed by atoms with E-state index in [1.54, 1.807) is 13.0 Å². The fourth-order valence-corrected chi connectivity index (χ4v) is 2.82. The first-order valence-corrected chi connectivity index (χ1v) is 6.86. The molecule has 98 valence electrons. The van der Waals surface area contributed by atoms with E-state index in [-0.39, 0.29) is 10.6 Å². The standard InChI is InChI=1S/C12H15NO4S/c1-8-9(2)12(17-4)11(7-10(8)16-3)18(14,15)6-5-13/h7H,6H2,1-4H3. The Morgan fingerprint density at radius 1 is 1.22 bits per heavy atom. The molecule has 1 rings (SSSR count). The van der Waals surface area contributed by atoms with Crippen LogP contribution in [-0.2, 0) is 9.84 Å². The zero-order chi connectivity index (χ0) is 13.9. The van der Waals surface area contributed by atoms with Gasteiger partial charge in [-0.2, -0.15) is 5.26 Å². The highest BCUT2D eigenvalue weighted by molar-refractivity contribution is 7.91. The number of sulfone groups is 1. The molecule has 0 heterocycles. The van der Waals surface area contributed by atoms with Crippen LogP contribution in [0.25, 0.3) is 0 Å². The minimum atomic E-state index is -3.69. The van der Waals surface area contributed by atoms with Crippen molar-refractivity contribution >= 4 is 9.84 Å². The molecule has 0 saturated carbocycles. The summed E-state index contributed by atoms with van der Waals surface area (Å²) in [5, 5.41) is 8.58. The quantitative estimate of drug-likeness (QED) is 0.830. The molecule has 0 spiro atoms. The van der Waals surface area contributed by atoms with Crippen LogP contribution in [0.5, 0.6) is 11.5 Å². The van der Waals surface area contributed by atoms with Gasteiger partial charge in [0.05, 0.1) is 20.3 Å². The third-order valence-corrected chi connectivity index (χ3v) is 4.25. The summed E-state index contributed by atoms with van der Waals surface area (Å²) in [7, 11) is -0.821. The first-order chi connectivity index (χ1) is 8.38. The van der Waals surface area contributed by atoms with E-state index in [9.17, 15) is 8.42 Å². The summed E-state index contributed by atoms with van der Waals surface area (Å²) in [6, 6.07) is 3.04. The highest BCUT2D eigenvalue weighted by Gasteiger charge is 2.24. The topological polar surface area (TPSA) is 76.4 Å². The molecule has 0 fully saturated rings. The van der Waals surface area contributed by atoms with E-state index in [1.807, 2.05) is 6.92 Å². The largest absolute Gasteiger partial charge is 0.496 e. The van der Waals surface area contributed by atoms with Crippen LogP contribution in [0.1, 0.15) is 11.1 Å². The van der Waals surface area contributed by atoms with E-state index in [0.717, 1.165) is 5.56 Å². The minimum absolute atomic E-state index is 0.00787. The van der Waals surface area contributed by atoms with E-state index in [0.29, 0.717) is 11.3 Å². The molecule has 0 radical (unpaired) electrons. The van der Waals surface area contributed by atoms with Gasteiger partial charge in [0, 0.05) is 6.07 Å². The van der Waals surface area contributed by atoms with Gasteiger partial charge >= 0.3 is 0 Å². The Morgan fingerprint density at radius 2 is 1.83 bits per heavy atom. The van der Waals surface area contributed by atoms with Gasteiger partial charge in [0.25, 0.3) is 0 Å². The van der Waals surface area contributed by atoms with Crippen molar-refractivity contribution in [3.05, 3.63) is 17.2 Å². The number of nitriles is 1. The Kier molecular flexibility index (Phi) is 4.19.